The summed E-state index contributed by atoms with van der Waals surface area (Å²) in [5.74, 6) is -0.536. The van der Waals surface area contributed by atoms with Crippen molar-refractivity contribution >= 4 is 51.2 Å². The number of hydrogen-bond acceptors (Lipinski definition) is 8. The first kappa shape index (κ1) is 27.8. The number of aromatic nitrogens is 5. The monoisotopic (exact) mass is 601 g/mol. The number of nitriles is 1. The van der Waals surface area contributed by atoms with Crippen molar-refractivity contribution in [1.29, 1.82) is 5.26 Å². The van der Waals surface area contributed by atoms with E-state index in [9.17, 15) is 9.65 Å². The Kier molecular flexibility index (Phi) is 7.89. The molecule has 3 aromatic heterocycles. The third-order valence-corrected chi connectivity index (χ3v) is 8.03. The third-order valence-electron chi connectivity index (χ3n) is 7.46. The quantitative estimate of drug-likeness (QED) is 0.201. The molecule has 2 N–H and O–H groups in total. The van der Waals surface area contributed by atoms with E-state index in [1.807, 2.05) is 29.1 Å². The topological polar surface area (TPSA) is 108 Å². The molecule has 1 saturated heterocycles. The van der Waals surface area contributed by atoms with Crippen LogP contribution in [0.1, 0.15) is 42.2 Å². The number of pyridine rings is 2. The van der Waals surface area contributed by atoms with Crippen molar-refractivity contribution in [3.05, 3.63) is 99.9 Å². The first-order chi connectivity index (χ1) is 20.4. The number of nitrogens with zero attached hydrogens (tertiary/aromatic N) is 7. The average Bonchev–Trinajstić information content (AvgIpc) is 3.69. The van der Waals surface area contributed by atoms with Crippen LogP contribution in [0.25, 0.3) is 10.9 Å². The molecule has 5 aromatic rings. The first-order valence-electron chi connectivity index (χ1n) is 13.5. The molecule has 0 radical (unpaired) electrons. The predicted octanol–water partition coefficient (Wildman–Crippen LogP) is 6.75. The highest BCUT2D eigenvalue weighted by Gasteiger charge is 2.26. The molecule has 0 aliphatic carbocycles. The molecule has 1 fully saturated rings. The zero-order valence-corrected chi connectivity index (χ0v) is 24.1. The fourth-order valence-corrected chi connectivity index (χ4v) is 5.69. The van der Waals surface area contributed by atoms with Crippen molar-refractivity contribution < 1.29 is 4.39 Å². The molecule has 12 heteroatoms. The summed E-state index contributed by atoms with van der Waals surface area (Å²) in [6.45, 7) is 5.15. The van der Waals surface area contributed by atoms with Crippen LogP contribution in [0.15, 0.2) is 67.3 Å². The number of rotatable bonds is 8. The molecular weight excluding hydrogens is 576 g/mol. The molecule has 212 valence electrons. The lowest BCUT2D eigenvalue weighted by molar-refractivity contribution is 0.334. The number of likely N-dealkylation sites (N-methyl/N-ethyl adjacent to an activating group) is 1. The second-order valence-corrected chi connectivity index (χ2v) is 10.9. The summed E-state index contributed by atoms with van der Waals surface area (Å²) >= 11 is 12.7. The number of nitrogens with one attached hydrogen (secondary N) is 2. The van der Waals surface area contributed by atoms with Gasteiger partial charge < -0.3 is 15.5 Å². The van der Waals surface area contributed by atoms with Crippen molar-refractivity contribution in [3.8, 4) is 6.07 Å². The van der Waals surface area contributed by atoms with Crippen LogP contribution in [-0.4, -0.2) is 49.5 Å². The van der Waals surface area contributed by atoms with Crippen molar-refractivity contribution in [2.75, 3.05) is 30.3 Å². The normalized spacial score (nSPS) is 15.9. The molecule has 0 saturated carbocycles. The molecule has 2 aromatic carbocycles. The van der Waals surface area contributed by atoms with Crippen LogP contribution in [0.4, 0.5) is 21.5 Å². The van der Waals surface area contributed by atoms with Crippen LogP contribution in [-0.2, 0) is 0 Å². The Bertz CT molecular complexity index is 1790. The van der Waals surface area contributed by atoms with Gasteiger partial charge in [0.25, 0.3) is 0 Å². The van der Waals surface area contributed by atoms with Gasteiger partial charge in [0.2, 0.25) is 0 Å². The standard InChI is InChI=1S/C30H26Cl2FN9/c1-2-41-9-7-22(16-41)42-17-27(39-40-42)29(18-4-3-8-35-14-18)38-21-10-23-28(37-20-5-6-26(33)24(31)11-20)19(13-34)15-36-30(23)25(32)12-21/h3-6,8,10-12,14-15,17,22,29,38H,2,7,9,16H2,1H3,(H,36,37). The molecule has 1 aliphatic heterocycles. The Morgan fingerprint density at radius 1 is 1.14 bits per heavy atom. The maximum Gasteiger partial charge on any atom is 0.141 e. The molecule has 9 nitrogen and oxygen atoms in total. The number of benzene rings is 2. The van der Waals surface area contributed by atoms with Gasteiger partial charge in [0.05, 0.1) is 45.1 Å². The van der Waals surface area contributed by atoms with E-state index in [1.165, 1.54) is 18.3 Å². The maximum atomic E-state index is 13.8. The summed E-state index contributed by atoms with van der Waals surface area (Å²) in [5.41, 5.74) is 4.08. The Morgan fingerprint density at radius 3 is 2.74 bits per heavy atom. The van der Waals surface area contributed by atoms with Gasteiger partial charge in [0.1, 0.15) is 17.6 Å². The van der Waals surface area contributed by atoms with Gasteiger partial charge in [-0.25, -0.2) is 9.07 Å². The lowest BCUT2D eigenvalue weighted by atomic mass is 10.0. The highest BCUT2D eigenvalue weighted by Crippen LogP contribution is 2.37. The predicted molar refractivity (Wildman–Crippen MR) is 162 cm³/mol. The van der Waals surface area contributed by atoms with E-state index in [2.05, 4.69) is 48.8 Å². The van der Waals surface area contributed by atoms with E-state index in [0.717, 1.165) is 37.3 Å². The van der Waals surface area contributed by atoms with Crippen LogP contribution in [0.2, 0.25) is 10.0 Å². The molecule has 0 spiro atoms. The smallest absolute Gasteiger partial charge is 0.141 e. The van der Waals surface area contributed by atoms with Gasteiger partial charge >= 0.3 is 0 Å². The fraction of sp³-hybridized carbons (Fsp3) is 0.233. The minimum atomic E-state index is -0.536. The highest BCUT2D eigenvalue weighted by atomic mass is 35.5. The van der Waals surface area contributed by atoms with Gasteiger partial charge in [0.15, 0.2) is 0 Å². The lowest BCUT2D eigenvalue weighted by Gasteiger charge is -2.20. The van der Waals surface area contributed by atoms with E-state index < -0.39 is 5.82 Å². The Balaban J connectivity index is 1.39. The molecule has 6 rings (SSSR count). The lowest BCUT2D eigenvalue weighted by Crippen LogP contribution is -2.21. The second-order valence-electron chi connectivity index (χ2n) is 10.1. The van der Waals surface area contributed by atoms with Gasteiger partial charge in [-0.15, -0.1) is 5.10 Å². The van der Waals surface area contributed by atoms with E-state index in [1.54, 1.807) is 24.5 Å². The summed E-state index contributed by atoms with van der Waals surface area (Å²) in [6.07, 6.45) is 7.96. The highest BCUT2D eigenvalue weighted by molar-refractivity contribution is 6.36. The second kappa shape index (κ2) is 11.9. The van der Waals surface area contributed by atoms with Crippen LogP contribution < -0.4 is 10.6 Å². The number of hydrogen-bond donors (Lipinski definition) is 2. The molecule has 2 atom stereocenters. The largest absolute Gasteiger partial charge is 0.373 e. The van der Waals surface area contributed by atoms with Crippen molar-refractivity contribution in [2.45, 2.75) is 25.4 Å². The molecule has 0 bridgehead atoms. The SMILES string of the molecule is CCN1CCC(n2cc(C(Nc3cc(Cl)c4ncc(C#N)c(Nc5ccc(F)c(Cl)c5)c4c3)c3cccnc3)nn2)C1. The van der Waals surface area contributed by atoms with E-state index in [0.29, 0.717) is 38.6 Å². The van der Waals surface area contributed by atoms with Crippen LogP contribution in [0, 0.1) is 17.1 Å². The van der Waals surface area contributed by atoms with Gasteiger partial charge in [-0.3, -0.25) is 9.97 Å². The first-order valence-corrected chi connectivity index (χ1v) is 14.2. The zero-order chi connectivity index (χ0) is 29.2. The van der Waals surface area contributed by atoms with Crippen LogP contribution in [0.5, 0.6) is 0 Å². The average molecular weight is 603 g/mol. The van der Waals surface area contributed by atoms with Crippen molar-refractivity contribution in [1.82, 2.24) is 29.9 Å². The molecular formula is C30H26Cl2FN9. The van der Waals surface area contributed by atoms with Gasteiger partial charge in [-0.05, 0) is 54.9 Å². The Morgan fingerprint density at radius 2 is 2.00 bits per heavy atom. The number of likely N-dealkylation sites (tertiary alicyclic amines) is 1. The summed E-state index contributed by atoms with van der Waals surface area (Å²) in [4.78, 5) is 11.2. The third kappa shape index (κ3) is 5.59. The number of anilines is 3. The zero-order valence-electron chi connectivity index (χ0n) is 22.6. The van der Waals surface area contributed by atoms with Crippen molar-refractivity contribution in [2.24, 2.45) is 0 Å². The Labute approximate surface area is 251 Å². The maximum absolute atomic E-state index is 13.8. The fourth-order valence-electron chi connectivity index (χ4n) is 5.24. The molecule has 4 heterocycles. The molecule has 1 aliphatic rings. The Hall–Kier alpha value is -4.30. The van der Waals surface area contributed by atoms with E-state index in [4.69, 9.17) is 23.2 Å². The molecule has 42 heavy (non-hydrogen) atoms. The molecule has 0 amide bonds. The van der Waals surface area contributed by atoms with Crippen LogP contribution in [0.3, 0.4) is 0 Å². The number of halogens is 3. The summed E-state index contributed by atoms with van der Waals surface area (Å²) in [6, 6.07) is 13.8. The van der Waals surface area contributed by atoms with Crippen molar-refractivity contribution in [3.63, 3.8) is 0 Å². The van der Waals surface area contributed by atoms with Gasteiger partial charge in [0, 0.05) is 48.4 Å². The summed E-state index contributed by atoms with van der Waals surface area (Å²) in [7, 11) is 0. The summed E-state index contributed by atoms with van der Waals surface area (Å²) in [5, 5.41) is 26.6. The van der Waals surface area contributed by atoms with E-state index in [-0.39, 0.29) is 17.1 Å². The van der Waals surface area contributed by atoms with Gasteiger partial charge in [-0.1, -0.05) is 41.4 Å². The summed E-state index contributed by atoms with van der Waals surface area (Å²) < 4.78 is 15.7. The minimum Gasteiger partial charge on any atom is -0.373 e. The minimum absolute atomic E-state index is 0.0374. The number of fused-ring (bicyclic) bond motifs is 1. The van der Waals surface area contributed by atoms with Gasteiger partial charge in [-0.2, -0.15) is 5.26 Å². The van der Waals surface area contributed by atoms with E-state index >= 15 is 0 Å². The van der Waals surface area contributed by atoms with Crippen LogP contribution >= 0.6 is 23.2 Å². The molecule has 2 unspecified atom stereocenters.